The van der Waals surface area contributed by atoms with E-state index in [4.69, 9.17) is 9.72 Å². The van der Waals surface area contributed by atoms with Crippen LogP contribution < -0.4 is 15.5 Å². The second-order valence-corrected chi connectivity index (χ2v) is 9.65. The van der Waals surface area contributed by atoms with Gasteiger partial charge < -0.3 is 20.3 Å². The number of nitrogens with one attached hydrogen (secondary N) is 2. The van der Waals surface area contributed by atoms with Crippen molar-refractivity contribution < 1.29 is 9.53 Å². The summed E-state index contributed by atoms with van der Waals surface area (Å²) in [6, 6.07) is 15.8. The zero-order valence-electron chi connectivity index (χ0n) is 19.1. The van der Waals surface area contributed by atoms with Crippen LogP contribution in [0.25, 0.3) is 11.3 Å². The van der Waals surface area contributed by atoms with Crippen molar-refractivity contribution in [3.05, 3.63) is 65.9 Å². The summed E-state index contributed by atoms with van der Waals surface area (Å²) >= 11 is 2.01. The molecule has 3 aliphatic rings. The number of hydrogen-bond acceptors (Lipinski definition) is 7. The van der Waals surface area contributed by atoms with Crippen LogP contribution in [0, 0.1) is 0 Å². The average Bonchev–Trinajstić information content (AvgIpc) is 2.88. The van der Waals surface area contributed by atoms with Crippen LogP contribution in [0.2, 0.25) is 0 Å². The van der Waals surface area contributed by atoms with Gasteiger partial charge in [-0.2, -0.15) is 11.8 Å². The van der Waals surface area contributed by atoms with Gasteiger partial charge in [0.1, 0.15) is 0 Å². The first-order chi connectivity index (χ1) is 16.8. The van der Waals surface area contributed by atoms with E-state index in [0.717, 1.165) is 59.9 Å². The summed E-state index contributed by atoms with van der Waals surface area (Å²) in [6.07, 6.45) is 3.52. The predicted molar refractivity (Wildman–Crippen MR) is 138 cm³/mol. The molecule has 6 bridgehead atoms. The first kappa shape index (κ1) is 22.7. The lowest BCUT2D eigenvalue weighted by Gasteiger charge is -2.30. The van der Waals surface area contributed by atoms with Crippen LogP contribution in [0.4, 0.5) is 17.3 Å². The van der Waals surface area contributed by atoms with Gasteiger partial charge in [0.25, 0.3) is 5.91 Å². The van der Waals surface area contributed by atoms with Crippen molar-refractivity contribution in [1.82, 2.24) is 15.3 Å². The third-order valence-corrected chi connectivity index (χ3v) is 6.99. The van der Waals surface area contributed by atoms with Gasteiger partial charge in [-0.15, -0.1) is 0 Å². The molecule has 176 valence electrons. The molecule has 0 radical (unpaired) electrons. The van der Waals surface area contributed by atoms with Gasteiger partial charge >= 0.3 is 0 Å². The molecule has 0 spiro atoms. The Morgan fingerprint density at radius 3 is 2.65 bits per heavy atom. The van der Waals surface area contributed by atoms with E-state index in [9.17, 15) is 4.79 Å². The maximum atomic E-state index is 12.4. The maximum absolute atomic E-state index is 12.4. The van der Waals surface area contributed by atoms with Crippen molar-refractivity contribution in [3.63, 3.8) is 0 Å². The number of aromatic nitrogens is 2. The van der Waals surface area contributed by atoms with E-state index < -0.39 is 0 Å². The SMILES string of the molecule is O=C1NCCCCOCc2cc(ccc2N2CCSCC2)Nc2nccc(n2)-c2ccc1cc2. The minimum atomic E-state index is -0.0595. The van der Waals surface area contributed by atoms with Crippen molar-refractivity contribution in [1.29, 1.82) is 0 Å². The zero-order chi connectivity index (χ0) is 23.2. The first-order valence-corrected chi connectivity index (χ1v) is 12.9. The Kier molecular flexibility index (Phi) is 7.26. The number of nitrogens with zero attached hydrogens (tertiary/aromatic N) is 3. The predicted octanol–water partition coefficient (Wildman–Crippen LogP) is 4.48. The molecular formula is C26H29N5O2S. The summed E-state index contributed by atoms with van der Waals surface area (Å²) in [4.78, 5) is 24.0. The number of amides is 1. The van der Waals surface area contributed by atoms with Crippen LogP contribution in [-0.2, 0) is 11.3 Å². The number of rotatable bonds is 1. The van der Waals surface area contributed by atoms with Crippen LogP contribution >= 0.6 is 11.8 Å². The van der Waals surface area contributed by atoms with E-state index in [1.807, 2.05) is 42.1 Å². The first-order valence-electron chi connectivity index (χ1n) is 11.8. The van der Waals surface area contributed by atoms with Gasteiger partial charge in [0.05, 0.1) is 12.3 Å². The van der Waals surface area contributed by atoms with E-state index in [-0.39, 0.29) is 5.91 Å². The number of carbonyl (C=O) groups is 1. The molecule has 1 aromatic heterocycles. The molecule has 1 fully saturated rings. The van der Waals surface area contributed by atoms with Crippen molar-refractivity contribution in [2.75, 3.05) is 48.0 Å². The number of carbonyl (C=O) groups excluding carboxylic acids is 1. The van der Waals surface area contributed by atoms with Gasteiger partial charge in [0.15, 0.2) is 0 Å². The Balaban J connectivity index is 1.45. The van der Waals surface area contributed by atoms with Crippen LogP contribution in [0.15, 0.2) is 54.7 Å². The molecule has 7 nitrogen and oxygen atoms in total. The average molecular weight is 476 g/mol. The van der Waals surface area contributed by atoms with Crippen LogP contribution in [-0.4, -0.2) is 53.6 Å². The number of hydrogen-bond donors (Lipinski definition) is 2. The standard InChI is InChI=1S/C26H29N5O2S/c32-25-20-5-3-19(4-6-20)23-9-11-28-26(30-23)29-22-7-8-24(31-12-15-34-16-13-31)21(17-22)18-33-14-2-1-10-27-25/h3-9,11,17H,1-2,10,12-16,18H2,(H,27,32)(H,28,29,30). The molecule has 8 heteroatoms. The Bertz CT molecular complexity index is 1130. The van der Waals surface area contributed by atoms with Crippen LogP contribution in [0.3, 0.4) is 0 Å². The Morgan fingerprint density at radius 1 is 0.971 bits per heavy atom. The summed E-state index contributed by atoms with van der Waals surface area (Å²) in [5.41, 5.74) is 5.72. The lowest BCUT2D eigenvalue weighted by Crippen LogP contribution is -2.33. The lowest BCUT2D eigenvalue weighted by atomic mass is 10.1. The molecule has 2 N–H and O–H groups in total. The van der Waals surface area contributed by atoms with Gasteiger partial charge in [-0.05, 0) is 49.2 Å². The molecule has 1 saturated heterocycles. The van der Waals surface area contributed by atoms with Crippen molar-refractivity contribution in [2.24, 2.45) is 0 Å². The number of benzene rings is 2. The lowest BCUT2D eigenvalue weighted by molar-refractivity contribution is 0.0946. The maximum Gasteiger partial charge on any atom is 0.251 e. The Morgan fingerprint density at radius 2 is 1.79 bits per heavy atom. The smallest absolute Gasteiger partial charge is 0.251 e. The van der Waals surface area contributed by atoms with Crippen molar-refractivity contribution in [2.45, 2.75) is 19.4 Å². The fourth-order valence-electron chi connectivity index (χ4n) is 4.21. The van der Waals surface area contributed by atoms with Crippen LogP contribution in [0.5, 0.6) is 0 Å². The molecule has 0 saturated carbocycles. The van der Waals surface area contributed by atoms with Gasteiger partial charge in [0, 0.05) is 72.0 Å². The number of anilines is 3. The van der Waals surface area contributed by atoms with Gasteiger partial charge in [0.2, 0.25) is 5.95 Å². The van der Waals surface area contributed by atoms with E-state index in [2.05, 4.69) is 38.7 Å². The molecule has 0 atom stereocenters. The second kappa shape index (κ2) is 10.9. The molecule has 0 unspecified atom stereocenters. The van der Waals surface area contributed by atoms with Gasteiger partial charge in [-0.1, -0.05) is 12.1 Å². The summed E-state index contributed by atoms with van der Waals surface area (Å²) in [5.74, 6) is 2.77. The number of fused-ring (bicyclic) bond motifs is 9. The van der Waals surface area contributed by atoms with Crippen LogP contribution in [0.1, 0.15) is 28.8 Å². The summed E-state index contributed by atoms with van der Waals surface area (Å²) in [7, 11) is 0. The highest BCUT2D eigenvalue weighted by Crippen LogP contribution is 2.29. The summed E-state index contributed by atoms with van der Waals surface area (Å²) in [6.45, 7) is 3.94. The zero-order valence-corrected chi connectivity index (χ0v) is 19.9. The molecule has 1 amide bonds. The molecule has 0 aliphatic carbocycles. The largest absolute Gasteiger partial charge is 0.377 e. The Hall–Kier alpha value is -3.10. The third-order valence-electron chi connectivity index (χ3n) is 6.04. The quantitative estimate of drug-likeness (QED) is 0.537. The monoisotopic (exact) mass is 475 g/mol. The molecule has 6 rings (SSSR count). The van der Waals surface area contributed by atoms with Crippen molar-refractivity contribution in [3.8, 4) is 11.3 Å². The fraction of sp³-hybridized carbons (Fsp3) is 0.346. The molecule has 2 aromatic carbocycles. The third kappa shape index (κ3) is 5.51. The van der Waals surface area contributed by atoms with Gasteiger partial charge in [-0.25, -0.2) is 9.97 Å². The van der Waals surface area contributed by atoms with E-state index >= 15 is 0 Å². The molecule has 3 aliphatic heterocycles. The normalized spacial score (nSPS) is 17.2. The van der Waals surface area contributed by atoms with E-state index in [1.54, 1.807) is 6.20 Å². The molecule has 4 heterocycles. The Labute approximate surface area is 204 Å². The second-order valence-electron chi connectivity index (χ2n) is 8.43. The molecular weight excluding hydrogens is 446 g/mol. The van der Waals surface area contributed by atoms with Gasteiger partial charge in [-0.3, -0.25) is 4.79 Å². The summed E-state index contributed by atoms with van der Waals surface area (Å²) < 4.78 is 6.05. The minimum Gasteiger partial charge on any atom is -0.377 e. The topological polar surface area (TPSA) is 79.4 Å². The number of ether oxygens (including phenoxy) is 1. The molecule has 34 heavy (non-hydrogen) atoms. The van der Waals surface area contributed by atoms with E-state index in [1.165, 1.54) is 5.69 Å². The highest BCUT2D eigenvalue weighted by Gasteiger charge is 2.16. The fourth-order valence-corrected chi connectivity index (χ4v) is 5.11. The highest BCUT2D eigenvalue weighted by atomic mass is 32.2. The van der Waals surface area contributed by atoms with Crippen molar-refractivity contribution >= 4 is 35.0 Å². The number of thioether (sulfide) groups is 1. The minimum absolute atomic E-state index is 0.0595. The highest BCUT2D eigenvalue weighted by molar-refractivity contribution is 7.99. The summed E-state index contributed by atoms with van der Waals surface area (Å²) in [5, 5.41) is 6.36. The van der Waals surface area contributed by atoms with E-state index in [0.29, 0.717) is 31.3 Å². The molecule has 3 aromatic rings.